The van der Waals surface area contributed by atoms with Gasteiger partial charge in [-0.1, -0.05) is 6.92 Å². The minimum atomic E-state index is -3.48. The van der Waals surface area contributed by atoms with Crippen molar-refractivity contribution in [3.8, 4) is 0 Å². The van der Waals surface area contributed by atoms with Gasteiger partial charge >= 0.3 is 0 Å². The normalized spacial score (nSPS) is 21.6. The van der Waals surface area contributed by atoms with Crippen molar-refractivity contribution in [3.05, 3.63) is 24.3 Å². The van der Waals surface area contributed by atoms with Crippen molar-refractivity contribution < 1.29 is 13.2 Å². The number of rotatable bonds is 5. The van der Waals surface area contributed by atoms with E-state index in [4.69, 9.17) is 0 Å². The highest BCUT2D eigenvalue weighted by molar-refractivity contribution is 7.89. The summed E-state index contributed by atoms with van der Waals surface area (Å²) >= 11 is 0. The van der Waals surface area contributed by atoms with Crippen LogP contribution in [0, 0.1) is 11.8 Å². The zero-order chi connectivity index (χ0) is 15.8. The highest BCUT2D eigenvalue weighted by Crippen LogP contribution is 2.38. The molecule has 5 nitrogen and oxygen atoms in total. The second kappa shape index (κ2) is 5.77. The average molecular weight is 310 g/mol. The highest BCUT2D eigenvalue weighted by Gasteiger charge is 2.39. The Kier molecular flexibility index (Phi) is 4.39. The number of anilines is 1. The summed E-state index contributed by atoms with van der Waals surface area (Å²) in [7, 11) is -1.92. The van der Waals surface area contributed by atoms with Crippen LogP contribution in [-0.4, -0.2) is 31.7 Å². The Morgan fingerprint density at radius 2 is 1.81 bits per heavy atom. The summed E-state index contributed by atoms with van der Waals surface area (Å²) in [5.41, 5.74) is 0.630. The molecule has 0 aromatic heterocycles. The first-order valence-corrected chi connectivity index (χ1v) is 8.56. The van der Waals surface area contributed by atoms with Gasteiger partial charge in [0.05, 0.1) is 4.90 Å². The number of carbonyl (C=O) groups is 1. The van der Waals surface area contributed by atoms with Crippen LogP contribution in [0.3, 0.4) is 0 Å². The van der Waals surface area contributed by atoms with Crippen LogP contribution in [0.1, 0.15) is 27.2 Å². The van der Waals surface area contributed by atoms with E-state index in [1.54, 1.807) is 19.2 Å². The van der Waals surface area contributed by atoms with E-state index in [-0.39, 0.29) is 22.8 Å². The van der Waals surface area contributed by atoms with Gasteiger partial charge in [0.25, 0.3) is 0 Å². The lowest BCUT2D eigenvalue weighted by molar-refractivity contribution is -0.117. The fourth-order valence-electron chi connectivity index (χ4n) is 2.08. The third-order valence-corrected chi connectivity index (χ3v) is 6.02. The number of hydrogen-bond acceptors (Lipinski definition) is 3. The van der Waals surface area contributed by atoms with Crippen LogP contribution < -0.4 is 5.32 Å². The number of carbonyl (C=O) groups excluding carboxylic acids is 1. The Hall–Kier alpha value is -1.40. The molecular weight excluding hydrogens is 288 g/mol. The summed E-state index contributed by atoms with van der Waals surface area (Å²) in [6.07, 6.45) is 0.928. The monoisotopic (exact) mass is 310 g/mol. The van der Waals surface area contributed by atoms with E-state index in [2.05, 4.69) is 5.32 Å². The predicted octanol–water partition coefficient (Wildman–Crippen LogP) is 2.31. The van der Waals surface area contributed by atoms with Gasteiger partial charge in [0.1, 0.15) is 0 Å². The van der Waals surface area contributed by atoms with Crippen molar-refractivity contribution >= 4 is 21.6 Å². The smallest absolute Gasteiger partial charge is 0.243 e. The fourth-order valence-corrected chi connectivity index (χ4v) is 3.44. The summed E-state index contributed by atoms with van der Waals surface area (Å²) < 4.78 is 25.9. The molecule has 1 amide bonds. The molecule has 1 aliphatic carbocycles. The minimum Gasteiger partial charge on any atom is -0.326 e. The second-order valence-corrected chi connectivity index (χ2v) is 7.95. The Labute approximate surface area is 126 Å². The summed E-state index contributed by atoms with van der Waals surface area (Å²) in [4.78, 5) is 12.1. The largest absolute Gasteiger partial charge is 0.326 e. The number of benzene rings is 1. The highest BCUT2D eigenvalue weighted by atomic mass is 32.2. The molecule has 1 fully saturated rings. The van der Waals surface area contributed by atoms with Gasteiger partial charge in [-0.15, -0.1) is 0 Å². The zero-order valence-corrected chi connectivity index (χ0v) is 13.6. The Morgan fingerprint density at radius 3 is 2.24 bits per heavy atom. The summed E-state index contributed by atoms with van der Waals surface area (Å²) in [5.74, 6) is 0.558. The lowest BCUT2D eigenvalue weighted by atomic mass is 10.3. The van der Waals surface area contributed by atoms with Crippen LogP contribution in [0.2, 0.25) is 0 Å². The standard InChI is InChI=1S/C15H22N2O3S/c1-10(2)17(4)21(19,20)13-7-5-12(6-8-13)16-15(18)14-9-11(14)3/h5-8,10-11,14H,9H2,1-4H3,(H,16,18). The van der Waals surface area contributed by atoms with E-state index < -0.39 is 10.0 Å². The van der Waals surface area contributed by atoms with Gasteiger partial charge in [-0.25, -0.2) is 8.42 Å². The topological polar surface area (TPSA) is 66.5 Å². The van der Waals surface area contributed by atoms with Crippen molar-refractivity contribution in [3.63, 3.8) is 0 Å². The molecule has 0 saturated heterocycles. The molecule has 2 unspecified atom stereocenters. The third-order valence-electron chi connectivity index (χ3n) is 3.97. The number of nitrogens with one attached hydrogen (secondary N) is 1. The Bertz CT molecular complexity index is 623. The summed E-state index contributed by atoms with van der Waals surface area (Å²) in [6.45, 7) is 5.69. The van der Waals surface area contributed by atoms with Crippen LogP contribution in [0.4, 0.5) is 5.69 Å². The molecule has 2 atom stereocenters. The van der Waals surface area contributed by atoms with E-state index in [1.165, 1.54) is 16.4 Å². The predicted molar refractivity (Wildman–Crippen MR) is 82.4 cm³/mol. The van der Waals surface area contributed by atoms with Crippen molar-refractivity contribution in [1.82, 2.24) is 4.31 Å². The van der Waals surface area contributed by atoms with Crippen molar-refractivity contribution in [2.75, 3.05) is 12.4 Å². The number of amides is 1. The maximum atomic E-state index is 12.3. The quantitative estimate of drug-likeness (QED) is 0.907. The molecule has 2 rings (SSSR count). The lowest BCUT2D eigenvalue weighted by Gasteiger charge is -2.21. The van der Waals surface area contributed by atoms with Gasteiger partial charge in [0, 0.05) is 24.7 Å². The van der Waals surface area contributed by atoms with Gasteiger partial charge in [0.2, 0.25) is 15.9 Å². The van der Waals surface area contributed by atoms with Gasteiger partial charge in [-0.2, -0.15) is 4.31 Å². The number of nitrogens with zero attached hydrogens (tertiary/aromatic N) is 1. The van der Waals surface area contributed by atoms with Crippen LogP contribution in [0.15, 0.2) is 29.2 Å². The van der Waals surface area contributed by atoms with E-state index in [9.17, 15) is 13.2 Å². The van der Waals surface area contributed by atoms with Crippen LogP contribution in [0.25, 0.3) is 0 Å². The number of sulfonamides is 1. The Morgan fingerprint density at radius 1 is 1.29 bits per heavy atom. The molecule has 0 spiro atoms. The molecule has 0 bridgehead atoms. The molecule has 1 saturated carbocycles. The molecule has 1 aromatic carbocycles. The van der Waals surface area contributed by atoms with Gasteiger partial charge in [-0.3, -0.25) is 4.79 Å². The first kappa shape index (κ1) is 16.0. The second-order valence-electron chi connectivity index (χ2n) is 5.95. The number of hydrogen-bond donors (Lipinski definition) is 1. The Balaban J connectivity index is 2.10. The van der Waals surface area contributed by atoms with Gasteiger partial charge < -0.3 is 5.32 Å². The molecule has 1 N–H and O–H groups in total. The van der Waals surface area contributed by atoms with E-state index in [1.807, 2.05) is 20.8 Å². The van der Waals surface area contributed by atoms with E-state index in [0.29, 0.717) is 11.6 Å². The van der Waals surface area contributed by atoms with Crippen LogP contribution in [-0.2, 0) is 14.8 Å². The molecule has 21 heavy (non-hydrogen) atoms. The molecule has 0 radical (unpaired) electrons. The van der Waals surface area contributed by atoms with E-state index >= 15 is 0 Å². The third kappa shape index (κ3) is 3.44. The van der Waals surface area contributed by atoms with E-state index in [0.717, 1.165) is 6.42 Å². The summed E-state index contributed by atoms with van der Waals surface area (Å²) in [6, 6.07) is 6.21. The summed E-state index contributed by atoms with van der Waals surface area (Å²) in [5, 5.41) is 2.82. The molecule has 1 aromatic rings. The van der Waals surface area contributed by atoms with Gasteiger partial charge in [0.15, 0.2) is 0 Å². The SMILES string of the molecule is CC1CC1C(=O)Nc1ccc(S(=O)(=O)N(C)C(C)C)cc1. The molecular formula is C15H22N2O3S. The van der Waals surface area contributed by atoms with Crippen molar-refractivity contribution in [2.45, 2.75) is 38.1 Å². The maximum Gasteiger partial charge on any atom is 0.243 e. The zero-order valence-electron chi connectivity index (χ0n) is 12.8. The fraction of sp³-hybridized carbons (Fsp3) is 0.533. The molecule has 0 heterocycles. The molecule has 0 aliphatic heterocycles. The lowest BCUT2D eigenvalue weighted by Crippen LogP contribution is -2.33. The van der Waals surface area contributed by atoms with Crippen LogP contribution in [0.5, 0.6) is 0 Å². The molecule has 116 valence electrons. The van der Waals surface area contributed by atoms with Crippen LogP contribution >= 0.6 is 0 Å². The van der Waals surface area contributed by atoms with Crippen molar-refractivity contribution in [1.29, 1.82) is 0 Å². The maximum absolute atomic E-state index is 12.3. The van der Waals surface area contributed by atoms with Gasteiger partial charge in [-0.05, 0) is 50.5 Å². The molecule has 1 aliphatic rings. The first-order chi connectivity index (χ1) is 9.73. The minimum absolute atomic E-state index is 0.0115. The van der Waals surface area contributed by atoms with Crippen molar-refractivity contribution in [2.24, 2.45) is 11.8 Å². The first-order valence-electron chi connectivity index (χ1n) is 7.12. The molecule has 6 heteroatoms. The average Bonchev–Trinajstić information content (AvgIpc) is 3.15.